The number of hydrogen-bond donors (Lipinski definition) is 2. The quantitative estimate of drug-likeness (QED) is 0.493. The molecular formula is C23H20BrNO4S. The van der Waals surface area contributed by atoms with E-state index in [1.54, 1.807) is 0 Å². The standard InChI is InChI=1S/C23H20BrNO4S/c1-13-20(24)10-14(30-13)11-21(22(26)27)25-23(28)29-12-19-17-8-4-2-6-15(17)16-7-3-5-9-18(16)19/h2-10,19,21H,11-12H2,1H3,(H,25,28)(H,26,27). The van der Waals surface area contributed by atoms with Crippen LogP contribution in [0.3, 0.4) is 0 Å². The number of carboxylic acids is 1. The fourth-order valence-electron chi connectivity index (χ4n) is 3.80. The van der Waals surface area contributed by atoms with E-state index in [0.29, 0.717) is 0 Å². The summed E-state index contributed by atoms with van der Waals surface area (Å²) in [6, 6.07) is 17.0. The minimum Gasteiger partial charge on any atom is -0.480 e. The Balaban J connectivity index is 1.43. The molecule has 30 heavy (non-hydrogen) atoms. The third-order valence-electron chi connectivity index (χ3n) is 5.25. The van der Waals surface area contributed by atoms with Gasteiger partial charge in [-0.05, 0) is 51.2 Å². The zero-order valence-electron chi connectivity index (χ0n) is 16.2. The van der Waals surface area contributed by atoms with Crippen LogP contribution in [-0.2, 0) is 16.0 Å². The Morgan fingerprint density at radius 1 is 1.13 bits per heavy atom. The number of rotatable bonds is 6. The number of hydrogen-bond acceptors (Lipinski definition) is 4. The third-order valence-corrected chi connectivity index (χ3v) is 7.41. The molecule has 1 aliphatic carbocycles. The normalized spacial score (nSPS) is 13.4. The number of ether oxygens (including phenoxy) is 1. The van der Waals surface area contributed by atoms with E-state index in [4.69, 9.17) is 4.74 Å². The van der Waals surface area contributed by atoms with Crippen molar-refractivity contribution in [3.05, 3.63) is 80.0 Å². The van der Waals surface area contributed by atoms with E-state index in [0.717, 1.165) is 36.5 Å². The summed E-state index contributed by atoms with van der Waals surface area (Å²) in [5, 5.41) is 12.0. The van der Waals surface area contributed by atoms with Crippen molar-refractivity contribution in [1.29, 1.82) is 0 Å². The van der Waals surface area contributed by atoms with Gasteiger partial charge in [0, 0.05) is 26.6 Å². The molecule has 1 unspecified atom stereocenters. The van der Waals surface area contributed by atoms with Gasteiger partial charge in [0.25, 0.3) is 0 Å². The fourth-order valence-corrected chi connectivity index (χ4v) is 5.45. The molecule has 1 atom stereocenters. The molecule has 7 heteroatoms. The van der Waals surface area contributed by atoms with Gasteiger partial charge in [0.15, 0.2) is 0 Å². The molecule has 2 N–H and O–H groups in total. The first-order chi connectivity index (χ1) is 14.4. The molecule has 0 fully saturated rings. The predicted molar refractivity (Wildman–Crippen MR) is 120 cm³/mol. The van der Waals surface area contributed by atoms with Crippen LogP contribution in [0.2, 0.25) is 0 Å². The Morgan fingerprint density at radius 2 is 1.73 bits per heavy atom. The molecule has 0 aliphatic heterocycles. The second kappa shape index (κ2) is 8.62. The summed E-state index contributed by atoms with van der Waals surface area (Å²) >= 11 is 4.94. The molecule has 0 spiro atoms. The highest BCUT2D eigenvalue weighted by molar-refractivity contribution is 9.10. The van der Waals surface area contributed by atoms with Gasteiger partial charge in [0.05, 0.1) is 0 Å². The number of halogens is 1. The maximum Gasteiger partial charge on any atom is 0.407 e. The van der Waals surface area contributed by atoms with E-state index >= 15 is 0 Å². The van der Waals surface area contributed by atoms with Gasteiger partial charge in [-0.15, -0.1) is 11.3 Å². The largest absolute Gasteiger partial charge is 0.480 e. The Labute approximate surface area is 186 Å². The van der Waals surface area contributed by atoms with Gasteiger partial charge in [-0.1, -0.05) is 48.5 Å². The van der Waals surface area contributed by atoms with Crippen LogP contribution < -0.4 is 5.32 Å². The Bertz CT molecular complexity index is 1050. The molecule has 0 saturated carbocycles. The van der Waals surface area contributed by atoms with Crippen molar-refractivity contribution in [1.82, 2.24) is 5.32 Å². The maximum atomic E-state index is 12.4. The van der Waals surface area contributed by atoms with Crippen molar-refractivity contribution in [2.24, 2.45) is 0 Å². The lowest BCUT2D eigenvalue weighted by atomic mass is 9.98. The first kappa shape index (κ1) is 20.6. The van der Waals surface area contributed by atoms with Crippen molar-refractivity contribution in [2.75, 3.05) is 6.61 Å². The van der Waals surface area contributed by atoms with Crippen LogP contribution in [0.25, 0.3) is 11.1 Å². The number of carbonyl (C=O) groups excluding carboxylic acids is 1. The highest BCUT2D eigenvalue weighted by Gasteiger charge is 2.30. The number of alkyl carbamates (subject to hydrolysis) is 1. The SMILES string of the molecule is Cc1sc(CC(NC(=O)OCC2c3ccccc3-c3ccccc32)C(=O)O)cc1Br. The van der Waals surface area contributed by atoms with Crippen LogP contribution in [0.1, 0.15) is 26.8 Å². The summed E-state index contributed by atoms with van der Waals surface area (Å²) in [7, 11) is 0. The number of nitrogens with one attached hydrogen (secondary N) is 1. The van der Waals surface area contributed by atoms with Gasteiger partial charge in [-0.3, -0.25) is 0 Å². The minimum atomic E-state index is -1.09. The Hall–Kier alpha value is -2.64. The van der Waals surface area contributed by atoms with E-state index in [1.807, 2.05) is 49.4 Å². The summed E-state index contributed by atoms with van der Waals surface area (Å²) in [4.78, 5) is 26.0. The molecule has 0 radical (unpaired) electrons. The molecule has 154 valence electrons. The summed E-state index contributed by atoms with van der Waals surface area (Å²) in [6.45, 7) is 2.10. The van der Waals surface area contributed by atoms with E-state index in [9.17, 15) is 14.7 Å². The molecule has 0 saturated heterocycles. The van der Waals surface area contributed by atoms with E-state index in [-0.39, 0.29) is 18.9 Å². The Kier molecular flexibility index (Phi) is 5.92. The lowest BCUT2D eigenvalue weighted by Crippen LogP contribution is -2.42. The topological polar surface area (TPSA) is 75.6 Å². The molecule has 2 aromatic carbocycles. The maximum absolute atomic E-state index is 12.4. The highest BCUT2D eigenvalue weighted by Crippen LogP contribution is 2.44. The molecule has 3 aromatic rings. The van der Waals surface area contributed by atoms with Crippen LogP contribution in [0.15, 0.2) is 59.1 Å². The van der Waals surface area contributed by atoms with E-state index in [1.165, 1.54) is 11.3 Å². The van der Waals surface area contributed by atoms with Gasteiger partial charge in [0.1, 0.15) is 12.6 Å². The van der Waals surface area contributed by atoms with Crippen LogP contribution >= 0.6 is 27.3 Å². The minimum absolute atomic E-state index is 0.0673. The molecule has 4 rings (SSSR count). The molecule has 0 bridgehead atoms. The van der Waals surface area contributed by atoms with Crippen LogP contribution in [-0.4, -0.2) is 29.8 Å². The third kappa shape index (κ3) is 4.13. The average Bonchev–Trinajstić information content (AvgIpc) is 3.22. The van der Waals surface area contributed by atoms with Crippen molar-refractivity contribution >= 4 is 39.3 Å². The summed E-state index contributed by atoms with van der Waals surface area (Å²) in [6.07, 6.45) is -0.520. The molecule has 1 aliphatic rings. The van der Waals surface area contributed by atoms with Gasteiger partial charge in [0.2, 0.25) is 0 Å². The van der Waals surface area contributed by atoms with E-state index in [2.05, 4.69) is 33.4 Å². The molecule has 1 aromatic heterocycles. The van der Waals surface area contributed by atoms with Gasteiger partial charge in [-0.25, -0.2) is 9.59 Å². The van der Waals surface area contributed by atoms with Gasteiger partial charge >= 0.3 is 12.1 Å². The van der Waals surface area contributed by atoms with Gasteiger partial charge in [-0.2, -0.15) is 0 Å². The molecule has 5 nitrogen and oxygen atoms in total. The highest BCUT2D eigenvalue weighted by atomic mass is 79.9. The molecule has 1 heterocycles. The number of carbonyl (C=O) groups is 2. The zero-order valence-corrected chi connectivity index (χ0v) is 18.6. The first-order valence-corrected chi connectivity index (χ1v) is 11.1. The van der Waals surface area contributed by atoms with Crippen LogP contribution in [0, 0.1) is 6.92 Å². The molecule has 1 amide bonds. The number of benzene rings is 2. The zero-order chi connectivity index (χ0) is 21.3. The number of amides is 1. The first-order valence-electron chi connectivity index (χ1n) is 9.53. The smallest absolute Gasteiger partial charge is 0.407 e. The number of aryl methyl sites for hydroxylation is 1. The van der Waals surface area contributed by atoms with Crippen molar-refractivity contribution < 1.29 is 19.4 Å². The van der Waals surface area contributed by atoms with Crippen molar-refractivity contribution in [3.8, 4) is 11.1 Å². The van der Waals surface area contributed by atoms with Crippen molar-refractivity contribution in [2.45, 2.75) is 25.3 Å². The summed E-state index contributed by atoms with van der Waals surface area (Å²) in [5.74, 6) is -1.16. The number of thiophene rings is 1. The second-order valence-corrected chi connectivity index (χ2v) is 9.38. The van der Waals surface area contributed by atoms with E-state index < -0.39 is 18.1 Å². The fraction of sp³-hybridized carbons (Fsp3) is 0.217. The van der Waals surface area contributed by atoms with Gasteiger partial charge < -0.3 is 15.2 Å². The second-order valence-electron chi connectivity index (χ2n) is 7.18. The monoisotopic (exact) mass is 485 g/mol. The van der Waals surface area contributed by atoms with Crippen LogP contribution in [0.5, 0.6) is 0 Å². The lowest BCUT2D eigenvalue weighted by Gasteiger charge is -2.17. The summed E-state index contributed by atoms with van der Waals surface area (Å²) < 4.78 is 6.41. The number of carboxylic acid groups (broad SMARTS) is 1. The number of aliphatic carboxylic acids is 1. The predicted octanol–water partition coefficient (Wildman–Crippen LogP) is 5.35. The average molecular weight is 486 g/mol. The Morgan fingerprint density at radius 3 is 2.27 bits per heavy atom. The van der Waals surface area contributed by atoms with Crippen molar-refractivity contribution in [3.63, 3.8) is 0 Å². The lowest BCUT2D eigenvalue weighted by molar-refractivity contribution is -0.139. The molecular weight excluding hydrogens is 466 g/mol. The summed E-state index contributed by atoms with van der Waals surface area (Å²) in [5.41, 5.74) is 4.51. The van der Waals surface area contributed by atoms with Crippen LogP contribution in [0.4, 0.5) is 4.79 Å². The number of fused-ring (bicyclic) bond motifs is 3.